The minimum atomic E-state index is -4.50. The molecule has 27 heavy (non-hydrogen) atoms. The number of ether oxygens (including phenoxy) is 1. The zero-order chi connectivity index (χ0) is 20.0. The fraction of sp³-hybridized carbons (Fsp3) is 0.550. The molecule has 148 valence electrons. The number of hydrogen-bond acceptors (Lipinski definition) is 2. The number of alkyl halides is 3. The molecular formula is C20H23ClF3NO2. The summed E-state index contributed by atoms with van der Waals surface area (Å²) in [4.78, 5) is 14.4. The van der Waals surface area contributed by atoms with Crippen LogP contribution >= 0.6 is 11.6 Å². The highest BCUT2D eigenvalue weighted by Crippen LogP contribution is 2.41. The van der Waals surface area contributed by atoms with E-state index in [1.165, 1.54) is 6.07 Å². The number of piperidine rings is 1. The van der Waals surface area contributed by atoms with Crippen molar-refractivity contribution in [2.45, 2.75) is 70.3 Å². The fourth-order valence-electron chi connectivity index (χ4n) is 3.79. The third-order valence-electron chi connectivity index (χ3n) is 4.88. The van der Waals surface area contributed by atoms with Crippen LogP contribution in [0.15, 0.2) is 24.3 Å². The molecule has 0 aromatic heterocycles. The SMILES string of the molecule is CC(C)(C)OC(=O)N1C2C=C(c3ccc(Cl)c(C(F)(F)F)c3)CC1CCC2. The molecule has 3 rings (SSSR count). The van der Waals surface area contributed by atoms with Crippen molar-refractivity contribution in [2.24, 2.45) is 0 Å². The van der Waals surface area contributed by atoms with E-state index in [1.807, 2.05) is 26.8 Å². The van der Waals surface area contributed by atoms with E-state index in [9.17, 15) is 18.0 Å². The van der Waals surface area contributed by atoms with Gasteiger partial charge in [0.15, 0.2) is 0 Å². The number of hydrogen-bond donors (Lipinski definition) is 0. The Morgan fingerprint density at radius 1 is 1.22 bits per heavy atom. The summed E-state index contributed by atoms with van der Waals surface area (Å²) < 4.78 is 45.1. The zero-order valence-electron chi connectivity index (χ0n) is 15.6. The molecular weight excluding hydrogens is 379 g/mol. The van der Waals surface area contributed by atoms with E-state index >= 15 is 0 Å². The molecule has 2 bridgehead atoms. The number of carbonyl (C=O) groups is 1. The Hall–Kier alpha value is -1.69. The van der Waals surface area contributed by atoms with E-state index in [4.69, 9.17) is 16.3 Å². The van der Waals surface area contributed by atoms with Crippen LogP contribution in [0.2, 0.25) is 5.02 Å². The van der Waals surface area contributed by atoms with Crippen LogP contribution in [0, 0.1) is 0 Å². The highest BCUT2D eigenvalue weighted by molar-refractivity contribution is 6.31. The summed E-state index contributed by atoms with van der Waals surface area (Å²) in [5, 5.41) is -0.307. The first kappa shape index (κ1) is 20.1. The van der Waals surface area contributed by atoms with Gasteiger partial charge in [0, 0.05) is 6.04 Å². The molecule has 2 heterocycles. The van der Waals surface area contributed by atoms with Crippen molar-refractivity contribution < 1.29 is 22.7 Å². The lowest BCUT2D eigenvalue weighted by atomic mass is 9.83. The maximum atomic E-state index is 13.2. The zero-order valence-corrected chi connectivity index (χ0v) is 16.3. The quantitative estimate of drug-likeness (QED) is 0.552. The molecule has 2 atom stereocenters. The van der Waals surface area contributed by atoms with E-state index < -0.39 is 17.3 Å². The molecule has 2 unspecified atom stereocenters. The molecule has 0 spiro atoms. The van der Waals surface area contributed by atoms with Gasteiger partial charge in [-0.3, -0.25) is 4.90 Å². The van der Waals surface area contributed by atoms with E-state index in [0.717, 1.165) is 30.9 Å². The topological polar surface area (TPSA) is 29.5 Å². The van der Waals surface area contributed by atoms with Gasteiger partial charge in [-0.15, -0.1) is 0 Å². The Kier molecular flexibility index (Phi) is 5.23. The van der Waals surface area contributed by atoms with Gasteiger partial charge < -0.3 is 4.74 Å². The van der Waals surface area contributed by atoms with Crippen LogP contribution in [-0.2, 0) is 10.9 Å². The molecule has 0 radical (unpaired) electrons. The van der Waals surface area contributed by atoms with Gasteiger partial charge in [0.05, 0.1) is 16.6 Å². The van der Waals surface area contributed by atoms with Gasteiger partial charge in [-0.25, -0.2) is 4.79 Å². The van der Waals surface area contributed by atoms with E-state index in [0.29, 0.717) is 12.0 Å². The summed E-state index contributed by atoms with van der Waals surface area (Å²) in [7, 11) is 0. The molecule has 1 aromatic carbocycles. The van der Waals surface area contributed by atoms with Gasteiger partial charge in [0.25, 0.3) is 0 Å². The predicted octanol–water partition coefficient (Wildman–Crippen LogP) is 6.30. The number of halogens is 4. The number of benzene rings is 1. The van der Waals surface area contributed by atoms with Crippen LogP contribution in [0.3, 0.4) is 0 Å². The Balaban J connectivity index is 1.91. The van der Waals surface area contributed by atoms with Gasteiger partial charge in [0.1, 0.15) is 5.60 Å². The largest absolute Gasteiger partial charge is 0.444 e. The fourth-order valence-corrected chi connectivity index (χ4v) is 4.01. The summed E-state index contributed by atoms with van der Waals surface area (Å²) in [5.41, 5.74) is -0.0888. The normalized spacial score (nSPS) is 23.1. The van der Waals surface area contributed by atoms with Crippen LogP contribution in [0.5, 0.6) is 0 Å². The maximum Gasteiger partial charge on any atom is 0.417 e. The lowest BCUT2D eigenvalue weighted by Crippen LogP contribution is -2.53. The van der Waals surface area contributed by atoms with Crippen LogP contribution in [-0.4, -0.2) is 28.7 Å². The van der Waals surface area contributed by atoms with Gasteiger partial charge >= 0.3 is 12.3 Å². The molecule has 0 aliphatic carbocycles. The molecule has 2 aliphatic heterocycles. The van der Waals surface area contributed by atoms with Crippen molar-refractivity contribution in [3.63, 3.8) is 0 Å². The molecule has 7 heteroatoms. The first-order valence-corrected chi connectivity index (χ1v) is 9.42. The second-order valence-corrected chi connectivity index (χ2v) is 8.54. The van der Waals surface area contributed by atoms with Crippen LogP contribution < -0.4 is 0 Å². The van der Waals surface area contributed by atoms with Crippen molar-refractivity contribution in [3.05, 3.63) is 40.4 Å². The third kappa shape index (κ3) is 4.42. The Morgan fingerprint density at radius 3 is 2.52 bits per heavy atom. The first-order valence-electron chi connectivity index (χ1n) is 9.05. The summed E-state index contributed by atoms with van der Waals surface area (Å²) in [5.74, 6) is 0. The lowest BCUT2D eigenvalue weighted by Gasteiger charge is -2.45. The number of carbonyl (C=O) groups excluding carboxylic acids is 1. The number of amides is 1. The molecule has 1 aromatic rings. The standard InChI is InChI=1S/C20H23ClF3NO2/c1-19(2,3)27-18(26)25-14-5-4-6-15(25)10-13(9-14)12-7-8-17(21)16(11-12)20(22,23)24/h7-9,11,14-15H,4-6,10H2,1-3H3. The van der Waals surface area contributed by atoms with Crippen molar-refractivity contribution in [3.8, 4) is 0 Å². The van der Waals surface area contributed by atoms with Gasteiger partial charge in [-0.2, -0.15) is 13.2 Å². The van der Waals surface area contributed by atoms with Crippen molar-refractivity contribution in [2.75, 3.05) is 0 Å². The lowest BCUT2D eigenvalue weighted by molar-refractivity contribution is -0.137. The highest BCUT2D eigenvalue weighted by atomic mass is 35.5. The highest BCUT2D eigenvalue weighted by Gasteiger charge is 2.40. The number of rotatable bonds is 1. The Bertz CT molecular complexity index is 767. The van der Waals surface area contributed by atoms with E-state index in [1.54, 1.807) is 11.0 Å². The smallest absolute Gasteiger partial charge is 0.417 e. The molecule has 1 fully saturated rings. The second-order valence-electron chi connectivity index (χ2n) is 8.13. The molecule has 1 amide bonds. The Labute approximate surface area is 162 Å². The van der Waals surface area contributed by atoms with E-state index in [2.05, 4.69) is 0 Å². The van der Waals surface area contributed by atoms with E-state index in [-0.39, 0.29) is 23.2 Å². The number of nitrogens with zero attached hydrogens (tertiary/aromatic N) is 1. The Morgan fingerprint density at radius 2 is 1.93 bits per heavy atom. The second kappa shape index (κ2) is 7.04. The van der Waals surface area contributed by atoms with Crippen LogP contribution in [0.25, 0.3) is 5.57 Å². The average Bonchev–Trinajstić information content (AvgIpc) is 2.51. The van der Waals surface area contributed by atoms with Crippen molar-refractivity contribution >= 4 is 23.3 Å². The average molecular weight is 402 g/mol. The molecule has 0 saturated carbocycles. The maximum absolute atomic E-state index is 13.2. The van der Waals surface area contributed by atoms with Crippen LogP contribution in [0.1, 0.15) is 57.6 Å². The van der Waals surface area contributed by atoms with Gasteiger partial charge in [-0.05, 0) is 69.7 Å². The molecule has 0 N–H and O–H groups in total. The first-order chi connectivity index (χ1) is 12.5. The summed E-state index contributed by atoms with van der Waals surface area (Å²) in [6.45, 7) is 5.45. The van der Waals surface area contributed by atoms with Crippen LogP contribution in [0.4, 0.5) is 18.0 Å². The third-order valence-corrected chi connectivity index (χ3v) is 5.21. The van der Waals surface area contributed by atoms with Crippen molar-refractivity contribution in [1.82, 2.24) is 4.90 Å². The molecule has 1 saturated heterocycles. The van der Waals surface area contributed by atoms with Gasteiger partial charge in [-0.1, -0.05) is 23.7 Å². The molecule has 2 aliphatic rings. The number of fused-ring (bicyclic) bond motifs is 2. The minimum absolute atomic E-state index is 0.0661. The summed E-state index contributed by atoms with van der Waals surface area (Å²) in [6.07, 6.45) is 0.122. The van der Waals surface area contributed by atoms with Crippen molar-refractivity contribution in [1.29, 1.82) is 0 Å². The monoisotopic (exact) mass is 401 g/mol. The molecule has 3 nitrogen and oxygen atoms in total. The van der Waals surface area contributed by atoms with Gasteiger partial charge in [0.2, 0.25) is 0 Å². The summed E-state index contributed by atoms with van der Waals surface area (Å²) >= 11 is 5.73. The minimum Gasteiger partial charge on any atom is -0.444 e. The summed E-state index contributed by atoms with van der Waals surface area (Å²) in [6, 6.07) is 3.78. The predicted molar refractivity (Wildman–Crippen MR) is 98.5 cm³/mol.